The number of carbonyl (C=O) groups is 1. The first-order chi connectivity index (χ1) is 30.3. The van der Waals surface area contributed by atoms with E-state index in [2.05, 4.69) is 23.6 Å². The number of allylic oxidation sites excluding steroid dienone is 1. The van der Waals surface area contributed by atoms with Gasteiger partial charge < -0.3 is 38.9 Å². The minimum absolute atomic E-state index is 0.0295. The number of non-ortho nitro benzene ring substituents is 1. The largest absolute Gasteiger partial charge is 0.492 e. The van der Waals surface area contributed by atoms with Crippen LogP contribution in [0.15, 0.2) is 78.0 Å². The first kappa shape index (κ1) is 45.4. The minimum Gasteiger partial charge on any atom is -0.492 e. The Kier molecular flexibility index (Phi) is 15.9. The summed E-state index contributed by atoms with van der Waals surface area (Å²) in [6.45, 7) is 11.0. The predicted octanol–water partition coefficient (Wildman–Crippen LogP) is 7.40. The van der Waals surface area contributed by atoms with Crippen LogP contribution in [0.4, 0.5) is 5.69 Å². The first-order valence-electron chi connectivity index (χ1n) is 22.7. The molecule has 0 spiro atoms. The molecule has 7 rings (SSSR count). The standard InChI is InChI=1S/C48H64N4O10/c1-3-22-51(44(55)21-16-34-14-17-36(18-15-34)52(56)57)43-33-41(49-62-45-13-7-10-29-59-45)39-31-35(11-5-8-26-53)38(12-6-9-27-54)46-40-32-37(58-30-25-50-23-24-50)19-20-42(40)61-48(43,47(39)46)60-28-4-2/h4,14-21,31-32,35,38,43,45-47,53-54H,2-3,5-13,22-30,33H2,1H3/t35-,38+,43-,45?,46+,47+,48+/m0/s1. The molecule has 14 heteroatoms. The van der Waals surface area contributed by atoms with Gasteiger partial charge in [0.15, 0.2) is 0 Å². The molecule has 0 radical (unpaired) electrons. The molecule has 2 saturated heterocycles. The highest BCUT2D eigenvalue weighted by Crippen LogP contribution is 2.62. The molecule has 336 valence electrons. The third-order valence-electron chi connectivity index (χ3n) is 12.9. The van der Waals surface area contributed by atoms with Gasteiger partial charge in [-0.3, -0.25) is 19.8 Å². The molecule has 1 amide bonds. The van der Waals surface area contributed by atoms with Crippen molar-refractivity contribution < 1.29 is 43.7 Å². The lowest BCUT2D eigenvalue weighted by Gasteiger charge is -2.60. The van der Waals surface area contributed by atoms with Crippen molar-refractivity contribution >= 4 is 23.4 Å². The van der Waals surface area contributed by atoms with E-state index in [4.69, 9.17) is 28.9 Å². The van der Waals surface area contributed by atoms with Crippen molar-refractivity contribution in [3.8, 4) is 11.5 Å². The van der Waals surface area contributed by atoms with E-state index in [0.29, 0.717) is 56.0 Å². The molecule has 3 fully saturated rings. The first-order valence-corrected chi connectivity index (χ1v) is 22.7. The second-order valence-electron chi connectivity index (χ2n) is 17.1. The fourth-order valence-corrected chi connectivity index (χ4v) is 9.87. The SMILES string of the molecule is C=CCO[C@@]12Oc3ccc(OCCN4CC4)cc3[C@H]3[C@H](CCCCO)[C@@H](CCCCO)C=C(C(=NOC4CCCCO4)C[C@@H]1N(CCC)C(=O)C=Cc1ccc([N+](=O)[O-])cc1)[C@H]32. The molecule has 1 unspecified atom stereocenters. The number of amides is 1. The van der Waals surface area contributed by atoms with Gasteiger partial charge in [-0.25, -0.2) is 0 Å². The quantitative estimate of drug-likeness (QED) is 0.0286. The number of nitro benzene ring substituents is 1. The lowest BCUT2D eigenvalue weighted by molar-refractivity contribution is -0.384. The number of hydrogen-bond donors (Lipinski definition) is 2. The summed E-state index contributed by atoms with van der Waals surface area (Å²) in [5.41, 5.74) is 3.30. The van der Waals surface area contributed by atoms with Crippen LogP contribution >= 0.6 is 0 Å². The number of aliphatic hydroxyl groups excluding tert-OH is 2. The molecular weight excluding hydrogens is 793 g/mol. The fourth-order valence-electron chi connectivity index (χ4n) is 9.87. The number of fused-ring (bicyclic) bond motifs is 2. The van der Waals surface area contributed by atoms with Gasteiger partial charge in [0.1, 0.15) is 24.1 Å². The molecule has 62 heavy (non-hydrogen) atoms. The van der Waals surface area contributed by atoms with Crippen LogP contribution in [0.5, 0.6) is 11.5 Å². The maximum Gasteiger partial charge on any atom is 0.269 e. The van der Waals surface area contributed by atoms with Crippen LogP contribution in [0.1, 0.15) is 94.6 Å². The summed E-state index contributed by atoms with van der Waals surface area (Å²) in [5.74, 6) is -0.683. The number of oxime groups is 1. The van der Waals surface area contributed by atoms with Crippen LogP contribution in [-0.4, -0.2) is 114 Å². The van der Waals surface area contributed by atoms with Crippen molar-refractivity contribution in [2.75, 3.05) is 59.2 Å². The van der Waals surface area contributed by atoms with Crippen molar-refractivity contribution in [3.63, 3.8) is 0 Å². The molecule has 2 aliphatic carbocycles. The maximum absolute atomic E-state index is 14.7. The number of unbranched alkanes of at least 4 members (excludes halogenated alkanes) is 2. The van der Waals surface area contributed by atoms with Gasteiger partial charge in [-0.05, 0) is 104 Å². The minimum atomic E-state index is -1.39. The number of carbonyl (C=O) groups excluding carboxylic acids is 1. The van der Waals surface area contributed by atoms with E-state index in [-0.39, 0.29) is 55.6 Å². The topological polar surface area (TPSA) is 165 Å². The van der Waals surface area contributed by atoms with E-state index in [0.717, 1.165) is 81.5 Å². The van der Waals surface area contributed by atoms with Crippen LogP contribution in [-0.2, 0) is 19.1 Å². The number of nitrogens with zero attached hydrogens (tertiary/aromatic N) is 4. The lowest BCUT2D eigenvalue weighted by atomic mass is 9.55. The van der Waals surface area contributed by atoms with Crippen molar-refractivity contribution in [2.24, 2.45) is 22.9 Å². The van der Waals surface area contributed by atoms with E-state index >= 15 is 0 Å². The Balaban J connectivity index is 1.38. The molecule has 3 heterocycles. The predicted molar refractivity (Wildman–Crippen MR) is 236 cm³/mol. The number of benzene rings is 2. The average Bonchev–Trinajstić information content (AvgIpc) is 4.12. The lowest BCUT2D eigenvalue weighted by Crippen LogP contribution is -2.70. The summed E-state index contributed by atoms with van der Waals surface area (Å²) < 4.78 is 26.8. The summed E-state index contributed by atoms with van der Waals surface area (Å²) in [6.07, 6.45) is 15.0. The van der Waals surface area contributed by atoms with E-state index < -0.39 is 29.0 Å². The number of hydrogen-bond acceptors (Lipinski definition) is 12. The highest BCUT2D eigenvalue weighted by molar-refractivity contribution is 6.03. The molecule has 0 aromatic heterocycles. The number of aliphatic hydroxyl groups is 2. The van der Waals surface area contributed by atoms with Gasteiger partial charge in [-0.15, -0.1) is 6.58 Å². The van der Waals surface area contributed by atoms with Gasteiger partial charge in [0, 0.05) is 81.9 Å². The Bertz CT molecular complexity index is 1930. The van der Waals surface area contributed by atoms with E-state index in [9.17, 15) is 25.1 Å². The summed E-state index contributed by atoms with van der Waals surface area (Å²) in [7, 11) is 0. The van der Waals surface area contributed by atoms with E-state index in [1.807, 2.05) is 24.0 Å². The third-order valence-corrected chi connectivity index (χ3v) is 12.9. The molecular formula is C48H64N4O10. The van der Waals surface area contributed by atoms with Crippen molar-refractivity contribution in [3.05, 3.63) is 94.1 Å². The molecule has 2 aromatic carbocycles. The molecule has 2 aromatic rings. The maximum atomic E-state index is 14.7. The smallest absolute Gasteiger partial charge is 0.269 e. The summed E-state index contributed by atoms with van der Waals surface area (Å²) in [6, 6.07) is 11.5. The van der Waals surface area contributed by atoms with Gasteiger partial charge >= 0.3 is 0 Å². The van der Waals surface area contributed by atoms with Crippen molar-refractivity contribution in [1.82, 2.24) is 9.80 Å². The fraction of sp³-hybridized carbons (Fsp3) is 0.583. The molecule has 14 nitrogen and oxygen atoms in total. The number of nitro groups is 1. The zero-order valence-corrected chi connectivity index (χ0v) is 36.1. The van der Waals surface area contributed by atoms with Gasteiger partial charge in [0.05, 0.1) is 29.8 Å². The van der Waals surface area contributed by atoms with Gasteiger partial charge in [-0.2, -0.15) is 0 Å². The van der Waals surface area contributed by atoms with Crippen LogP contribution < -0.4 is 9.47 Å². The summed E-state index contributed by atoms with van der Waals surface area (Å²) in [5, 5.41) is 36.1. The number of ether oxygens (including phenoxy) is 4. The van der Waals surface area contributed by atoms with E-state index in [1.54, 1.807) is 24.3 Å². The average molecular weight is 857 g/mol. The third kappa shape index (κ3) is 10.6. The Morgan fingerprint density at radius 3 is 2.58 bits per heavy atom. The van der Waals surface area contributed by atoms with Gasteiger partial charge in [0.2, 0.25) is 18.0 Å². The van der Waals surface area contributed by atoms with Crippen molar-refractivity contribution in [2.45, 2.75) is 102 Å². The van der Waals surface area contributed by atoms with Crippen LogP contribution in [0.25, 0.3) is 6.08 Å². The Morgan fingerprint density at radius 2 is 1.89 bits per heavy atom. The normalized spacial score (nSPS) is 27.1. The summed E-state index contributed by atoms with van der Waals surface area (Å²) in [4.78, 5) is 36.0. The zero-order valence-electron chi connectivity index (χ0n) is 36.1. The highest BCUT2D eigenvalue weighted by Gasteiger charge is 2.65. The van der Waals surface area contributed by atoms with E-state index in [1.165, 1.54) is 18.2 Å². The highest BCUT2D eigenvalue weighted by atomic mass is 16.8. The monoisotopic (exact) mass is 856 g/mol. The molecule has 1 saturated carbocycles. The molecule has 0 bridgehead atoms. The summed E-state index contributed by atoms with van der Waals surface area (Å²) >= 11 is 0. The van der Waals surface area contributed by atoms with Crippen LogP contribution in [0, 0.1) is 27.9 Å². The van der Waals surface area contributed by atoms with Crippen LogP contribution in [0.3, 0.4) is 0 Å². The Labute approximate surface area is 365 Å². The second kappa shape index (κ2) is 21.7. The van der Waals surface area contributed by atoms with Gasteiger partial charge in [0.25, 0.3) is 5.69 Å². The Morgan fingerprint density at radius 1 is 1.10 bits per heavy atom. The second-order valence-corrected chi connectivity index (χ2v) is 17.1. The molecule has 3 aliphatic heterocycles. The van der Waals surface area contributed by atoms with Crippen molar-refractivity contribution in [1.29, 1.82) is 0 Å². The number of rotatable bonds is 23. The molecule has 7 atom stereocenters. The Hall–Kier alpha value is -4.60. The molecule has 2 N–H and O–H groups in total. The molecule has 5 aliphatic rings. The van der Waals surface area contributed by atoms with Crippen LogP contribution in [0.2, 0.25) is 0 Å². The zero-order chi connectivity index (χ0) is 43.5. The van der Waals surface area contributed by atoms with Gasteiger partial charge in [-0.1, -0.05) is 37.1 Å².